The average molecular weight is 331 g/mol. The van der Waals surface area contributed by atoms with Gasteiger partial charge in [-0.15, -0.1) is 0 Å². The van der Waals surface area contributed by atoms with Crippen molar-refractivity contribution in [2.75, 3.05) is 0 Å². The lowest BCUT2D eigenvalue weighted by Crippen LogP contribution is -1.98. The zero-order valence-electron chi connectivity index (χ0n) is 9.90. The van der Waals surface area contributed by atoms with E-state index in [9.17, 15) is 20.2 Å². The van der Waals surface area contributed by atoms with Crippen LogP contribution in [0.15, 0.2) is 24.5 Å². The Balaban J connectivity index is 2.39. The fourth-order valence-electron chi connectivity index (χ4n) is 1.38. The van der Waals surface area contributed by atoms with Crippen LogP contribution in [-0.2, 0) is 0 Å². The van der Waals surface area contributed by atoms with Gasteiger partial charge in [0.05, 0.1) is 9.85 Å². The smallest absolute Gasteiger partial charge is 0.368 e. The van der Waals surface area contributed by atoms with Crippen LogP contribution in [0.2, 0.25) is 10.2 Å². The number of ether oxygens (including phenoxy) is 1. The minimum atomic E-state index is -0.801. The molecule has 0 saturated heterocycles. The standard InChI is InChI=1S/C10H4Cl2N4O5/c11-6-3-5(1-2-7(6)15(17)18)21-10-8(16(19)20)9(12)13-4-14-10/h1-4H. The molecule has 2 rings (SSSR count). The number of rotatable bonds is 4. The van der Waals surface area contributed by atoms with Crippen molar-refractivity contribution in [2.45, 2.75) is 0 Å². The van der Waals surface area contributed by atoms with Gasteiger partial charge in [0.25, 0.3) is 5.69 Å². The van der Waals surface area contributed by atoms with Crippen molar-refractivity contribution in [3.63, 3.8) is 0 Å². The van der Waals surface area contributed by atoms with Crippen LogP contribution >= 0.6 is 23.2 Å². The summed E-state index contributed by atoms with van der Waals surface area (Å²) in [5.74, 6) is -0.367. The van der Waals surface area contributed by atoms with Crippen LogP contribution in [0.1, 0.15) is 0 Å². The molecule has 108 valence electrons. The Bertz CT molecular complexity index is 739. The molecule has 11 heteroatoms. The van der Waals surface area contributed by atoms with Crippen LogP contribution in [0, 0.1) is 20.2 Å². The normalized spacial score (nSPS) is 10.2. The van der Waals surface area contributed by atoms with Crippen molar-refractivity contribution < 1.29 is 14.6 Å². The quantitative estimate of drug-likeness (QED) is 0.478. The fraction of sp³-hybridized carbons (Fsp3) is 0. The van der Waals surface area contributed by atoms with E-state index >= 15 is 0 Å². The number of hydrogen-bond acceptors (Lipinski definition) is 7. The van der Waals surface area contributed by atoms with Crippen molar-refractivity contribution >= 4 is 34.6 Å². The molecule has 0 amide bonds. The Hall–Kier alpha value is -2.52. The molecular weight excluding hydrogens is 327 g/mol. The Morgan fingerprint density at radius 3 is 2.38 bits per heavy atom. The van der Waals surface area contributed by atoms with Crippen molar-refractivity contribution in [1.82, 2.24) is 9.97 Å². The number of aromatic nitrogens is 2. The van der Waals surface area contributed by atoms with Crippen LogP contribution in [-0.4, -0.2) is 19.8 Å². The number of hydrogen-bond donors (Lipinski definition) is 0. The van der Waals surface area contributed by atoms with E-state index in [1.165, 1.54) is 6.07 Å². The van der Waals surface area contributed by atoms with Crippen molar-refractivity contribution in [3.05, 3.63) is 54.9 Å². The van der Waals surface area contributed by atoms with Crippen molar-refractivity contribution in [1.29, 1.82) is 0 Å². The Morgan fingerprint density at radius 2 is 1.81 bits per heavy atom. The summed E-state index contributed by atoms with van der Waals surface area (Å²) in [5.41, 5.74) is -0.937. The van der Waals surface area contributed by atoms with Gasteiger partial charge in [0.15, 0.2) is 0 Å². The lowest BCUT2D eigenvalue weighted by atomic mass is 10.3. The first-order valence-electron chi connectivity index (χ1n) is 5.17. The minimum Gasteiger partial charge on any atom is -0.434 e. The summed E-state index contributed by atoms with van der Waals surface area (Å²) in [6.07, 6.45) is 0.984. The second-order valence-electron chi connectivity index (χ2n) is 3.55. The number of nitro groups is 2. The highest BCUT2D eigenvalue weighted by molar-refractivity contribution is 6.32. The van der Waals surface area contributed by atoms with E-state index in [1.54, 1.807) is 0 Å². The molecule has 0 atom stereocenters. The third-order valence-corrected chi connectivity index (χ3v) is 2.84. The first-order valence-corrected chi connectivity index (χ1v) is 5.92. The largest absolute Gasteiger partial charge is 0.434 e. The van der Waals surface area contributed by atoms with Gasteiger partial charge in [0.1, 0.15) is 17.1 Å². The van der Waals surface area contributed by atoms with Crippen molar-refractivity contribution in [3.8, 4) is 11.6 Å². The molecule has 0 aliphatic heterocycles. The van der Waals surface area contributed by atoms with Crippen LogP contribution in [0.25, 0.3) is 0 Å². The molecular formula is C10H4Cl2N4O5. The van der Waals surface area contributed by atoms with Crippen LogP contribution in [0.5, 0.6) is 11.6 Å². The molecule has 0 unspecified atom stereocenters. The highest BCUT2D eigenvalue weighted by atomic mass is 35.5. The number of nitro benzene ring substituents is 1. The monoisotopic (exact) mass is 330 g/mol. The highest BCUT2D eigenvalue weighted by Crippen LogP contribution is 2.35. The zero-order chi connectivity index (χ0) is 15.6. The van der Waals surface area contributed by atoms with Crippen LogP contribution in [0.3, 0.4) is 0 Å². The van der Waals surface area contributed by atoms with Crippen LogP contribution in [0.4, 0.5) is 11.4 Å². The molecule has 1 heterocycles. The molecule has 2 aromatic rings. The first-order chi connectivity index (χ1) is 9.90. The summed E-state index contributed by atoms with van der Waals surface area (Å²) in [6, 6.07) is 3.47. The molecule has 0 aliphatic rings. The lowest BCUT2D eigenvalue weighted by molar-refractivity contribution is -0.386. The van der Waals surface area contributed by atoms with Gasteiger partial charge in [-0.1, -0.05) is 23.2 Å². The molecule has 1 aromatic carbocycles. The molecule has 9 nitrogen and oxygen atoms in total. The second kappa shape index (κ2) is 5.85. The third-order valence-electron chi connectivity index (χ3n) is 2.26. The highest BCUT2D eigenvalue weighted by Gasteiger charge is 2.24. The summed E-state index contributed by atoms with van der Waals surface area (Å²) < 4.78 is 5.18. The van der Waals surface area contributed by atoms with Gasteiger partial charge in [-0.2, -0.15) is 4.98 Å². The average Bonchev–Trinajstić information content (AvgIpc) is 2.37. The fourth-order valence-corrected chi connectivity index (χ4v) is 1.81. The molecule has 0 fully saturated rings. The summed E-state index contributed by atoms with van der Waals surface area (Å²) in [5, 5.41) is 21.0. The molecule has 0 bridgehead atoms. The van der Waals surface area contributed by atoms with Crippen molar-refractivity contribution in [2.24, 2.45) is 0 Å². The topological polar surface area (TPSA) is 121 Å². The van der Waals surface area contributed by atoms with E-state index in [4.69, 9.17) is 27.9 Å². The molecule has 0 N–H and O–H groups in total. The predicted molar refractivity (Wildman–Crippen MR) is 71.9 cm³/mol. The van der Waals surface area contributed by atoms with E-state index in [1.807, 2.05) is 0 Å². The summed E-state index contributed by atoms with van der Waals surface area (Å²) >= 11 is 11.3. The first kappa shape index (κ1) is 14.9. The predicted octanol–water partition coefficient (Wildman–Crippen LogP) is 3.39. The molecule has 21 heavy (non-hydrogen) atoms. The van der Waals surface area contributed by atoms with E-state index < -0.39 is 26.6 Å². The number of nitrogens with zero attached hydrogens (tertiary/aromatic N) is 4. The Labute approximate surface area is 126 Å². The Morgan fingerprint density at radius 1 is 1.10 bits per heavy atom. The summed E-state index contributed by atoms with van der Waals surface area (Å²) in [6.45, 7) is 0. The maximum atomic E-state index is 10.9. The third kappa shape index (κ3) is 3.15. The SMILES string of the molecule is O=[N+]([O-])c1ccc(Oc2ncnc(Cl)c2[N+](=O)[O-])cc1Cl. The Kier molecular flexibility index (Phi) is 4.15. The van der Waals surface area contributed by atoms with Crippen LogP contribution < -0.4 is 4.74 Å². The van der Waals surface area contributed by atoms with E-state index in [0.29, 0.717) is 0 Å². The number of benzene rings is 1. The van der Waals surface area contributed by atoms with Gasteiger partial charge < -0.3 is 4.74 Å². The molecule has 0 radical (unpaired) electrons. The molecule has 0 spiro atoms. The van der Waals surface area contributed by atoms with E-state index in [-0.39, 0.29) is 16.5 Å². The summed E-state index contributed by atoms with van der Waals surface area (Å²) in [7, 11) is 0. The molecule has 1 aromatic heterocycles. The molecule has 0 saturated carbocycles. The maximum Gasteiger partial charge on any atom is 0.368 e. The van der Waals surface area contributed by atoms with Gasteiger partial charge in [-0.25, -0.2) is 4.98 Å². The van der Waals surface area contributed by atoms with Gasteiger partial charge in [0.2, 0.25) is 5.15 Å². The second-order valence-corrected chi connectivity index (χ2v) is 4.31. The van der Waals surface area contributed by atoms with Gasteiger partial charge in [-0.05, 0) is 6.07 Å². The summed E-state index contributed by atoms with van der Waals surface area (Å²) in [4.78, 5) is 27.1. The maximum absolute atomic E-state index is 10.9. The number of halogens is 2. The van der Waals surface area contributed by atoms with Gasteiger partial charge in [-0.3, -0.25) is 20.2 Å². The minimum absolute atomic E-state index is 0.0310. The molecule has 0 aliphatic carbocycles. The zero-order valence-corrected chi connectivity index (χ0v) is 11.4. The van der Waals surface area contributed by atoms with E-state index in [2.05, 4.69) is 9.97 Å². The van der Waals surface area contributed by atoms with E-state index in [0.717, 1.165) is 18.5 Å². The lowest BCUT2D eigenvalue weighted by Gasteiger charge is -2.05. The van der Waals surface area contributed by atoms with Gasteiger partial charge in [0, 0.05) is 12.1 Å². The van der Waals surface area contributed by atoms with Gasteiger partial charge >= 0.3 is 11.6 Å².